The molecule has 0 spiro atoms. The number of carbonyl (C=O) groups excluding carboxylic acids is 3. The maximum atomic E-state index is 12.9. The van der Waals surface area contributed by atoms with Crippen molar-refractivity contribution in [2.24, 2.45) is 0 Å². The highest BCUT2D eigenvalue weighted by molar-refractivity contribution is 6.27. The first-order chi connectivity index (χ1) is 12.8. The smallest absolute Gasteiger partial charge is 0.306 e. The molecule has 0 aliphatic heterocycles. The summed E-state index contributed by atoms with van der Waals surface area (Å²) in [6, 6.07) is 2.31. The van der Waals surface area contributed by atoms with Crippen molar-refractivity contribution >= 4 is 17.5 Å². The van der Waals surface area contributed by atoms with Crippen molar-refractivity contribution in [3.05, 3.63) is 46.6 Å². The Morgan fingerprint density at radius 3 is 2.37 bits per heavy atom. The van der Waals surface area contributed by atoms with Gasteiger partial charge in [0.25, 0.3) is 0 Å². The number of phenols is 2. The first-order valence-corrected chi connectivity index (χ1v) is 8.94. The van der Waals surface area contributed by atoms with Crippen LogP contribution in [0.25, 0.3) is 0 Å². The average molecular weight is 372 g/mol. The summed E-state index contributed by atoms with van der Waals surface area (Å²) < 4.78 is 5.48. The van der Waals surface area contributed by atoms with E-state index in [0.29, 0.717) is 6.42 Å². The van der Waals surface area contributed by atoms with Gasteiger partial charge >= 0.3 is 5.97 Å². The molecule has 6 nitrogen and oxygen atoms in total. The van der Waals surface area contributed by atoms with Crippen molar-refractivity contribution < 1.29 is 29.3 Å². The second kappa shape index (κ2) is 8.66. The summed E-state index contributed by atoms with van der Waals surface area (Å²) in [6.07, 6.45) is 3.91. The van der Waals surface area contributed by atoms with Gasteiger partial charge in [-0.15, -0.1) is 0 Å². The number of allylic oxidation sites excluding steroid dienone is 2. The largest absolute Gasteiger partial charge is 0.507 e. The summed E-state index contributed by atoms with van der Waals surface area (Å²) in [6.45, 7) is 5.70. The summed E-state index contributed by atoms with van der Waals surface area (Å²) >= 11 is 0. The number of ether oxygens (including phenoxy) is 1. The predicted octanol–water partition coefficient (Wildman–Crippen LogP) is 3.86. The van der Waals surface area contributed by atoms with Gasteiger partial charge in [0.05, 0.1) is 11.1 Å². The van der Waals surface area contributed by atoms with Crippen molar-refractivity contribution in [3.8, 4) is 11.5 Å². The van der Waals surface area contributed by atoms with E-state index in [4.69, 9.17) is 4.74 Å². The zero-order valence-corrected chi connectivity index (χ0v) is 15.7. The quantitative estimate of drug-likeness (QED) is 0.428. The number of hydrogen-bond donors (Lipinski definition) is 2. The Kier molecular flexibility index (Phi) is 6.55. The second-order valence-electron chi connectivity index (χ2n) is 6.75. The molecule has 1 aromatic rings. The van der Waals surface area contributed by atoms with Gasteiger partial charge in [0.2, 0.25) is 0 Å². The fourth-order valence-corrected chi connectivity index (χ4v) is 2.84. The normalized spacial score (nSPS) is 14.3. The number of hydrogen-bond acceptors (Lipinski definition) is 6. The molecule has 0 bridgehead atoms. The van der Waals surface area contributed by atoms with Crippen LogP contribution in [-0.4, -0.2) is 33.9 Å². The number of rotatable bonds is 7. The number of ketones is 2. The summed E-state index contributed by atoms with van der Waals surface area (Å²) in [7, 11) is 0. The predicted molar refractivity (Wildman–Crippen MR) is 100.0 cm³/mol. The molecule has 144 valence electrons. The Hall–Kier alpha value is -2.89. The molecule has 1 aliphatic rings. The molecular weight excluding hydrogens is 348 g/mol. The Bertz CT molecular complexity index is 827. The van der Waals surface area contributed by atoms with Gasteiger partial charge in [0.15, 0.2) is 11.6 Å². The first-order valence-electron chi connectivity index (χ1n) is 8.94. The number of esters is 1. The van der Waals surface area contributed by atoms with Crippen LogP contribution in [0.4, 0.5) is 0 Å². The van der Waals surface area contributed by atoms with Gasteiger partial charge < -0.3 is 14.9 Å². The molecule has 0 amide bonds. The molecule has 1 aromatic carbocycles. The standard InChI is InChI=1S/C21H24O6/c1-4-5-6-18(25)27-17(10-7-12(2)3)13-11-16(24)19-14(22)8-9-15(23)20(19)21(13)26/h7-9,11,17,22-23H,4-6,10H2,1-3H3. The van der Waals surface area contributed by atoms with Crippen LogP contribution in [0, 0.1) is 0 Å². The number of Topliss-reactive ketones (excluding diaryl/α,β-unsaturated/α-hetero) is 1. The maximum Gasteiger partial charge on any atom is 0.306 e. The van der Waals surface area contributed by atoms with E-state index >= 15 is 0 Å². The van der Waals surface area contributed by atoms with Crippen LogP contribution in [0.15, 0.2) is 35.4 Å². The molecule has 6 heteroatoms. The Morgan fingerprint density at radius 1 is 1.15 bits per heavy atom. The van der Waals surface area contributed by atoms with E-state index in [1.807, 2.05) is 26.8 Å². The van der Waals surface area contributed by atoms with Crippen LogP contribution in [0.5, 0.6) is 11.5 Å². The average Bonchev–Trinajstić information content (AvgIpc) is 2.61. The number of aromatic hydroxyl groups is 2. The summed E-state index contributed by atoms with van der Waals surface area (Å²) in [4.78, 5) is 37.5. The van der Waals surface area contributed by atoms with Crippen LogP contribution < -0.4 is 0 Å². The minimum atomic E-state index is -0.935. The van der Waals surface area contributed by atoms with Crippen molar-refractivity contribution in [1.82, 2.24) is 0 Å². The fraction of sp³-hybridized carbons (Fsp3) is 0.381. The van der Waals surface area contributed by atoms with Gasteiger partial charge in [-0.2, -0.15) is 0 Å². The Balaban J connectivity index is 2.41. The lowest BCUT2D eigenvalue weighted by Crippen LogP contribution is -2.29. The van der Waals surface area contributed by atoms with Gasteiger partial charge in [-0.05, 0) is 38.5 Å². The van der Waals surface area contributed by atoms with Crippen LogP contribution in [0.1, 0.15) is 67.2 Å². The third-order valence-electron chi connectivity index (χ3n) is 4.28. The molecule has 0 radical (unpaired) electrons. The molecule has 0 saturated heterocycles. The summed E-state index contributed by atoms with van der Waals surface area (Å²) in [5.41, 5.74) is 0.475. The monoisotopic (exact) mass is 372 g/mol. The summed E-state index contributed by atoms with van der Waals surface area (Å²) in [5.74, 6) is -2.47. The molecule has 0 heterocycles. The highest BCUT2D eigenvalue weighted by Gasteiger charge is 2.35. The van der Waals surface area contributed by atoms with Gasteiger partial charge in [-0.1, -0.05) is 25.0 Å². The van der Waals surface area contributed by atoms with E-state index in [1.165, 1.54) is 0 Å². The van der Waals surface area contributed by atoms with Crippen LogP contribution in [0.3, 0.4) is 0 Å². The fourth-order valence-electron chi connectivity index (χ4n) is 2.84. The molecule has 1 aliphatic carbocycles. The highest BCUT2D eigenvalue weighted by atomic mass is 16.5. The number of unbranched alkanes of at least 4 members (excludes halogenated alkanes) is 1. The lowest BCUT2D eigenvalue weighted by molar-refractivity contribution is -0.147. The number of carbonyl (C=O) groups is 3. The molecule has 27 heavy (non-hydrogen) atoms. The van der Waals surface area contributed by atoms with E-state index in [9.17, 15) is 24.6 Å². The molecule has 0 fully saturated rings. The van der Waals surface area contributed by atoms with Crippen molar-refractivity contribution in [2.75, 3.05) is 0 Å². The van der Waals surface area contributed by atoms with E-state index < -0.39 is 29.4 Å². The molecule has 0 saturated carbocycles. The maximum absolute atomic E-state index is 12.9. The number of phenolic OH excluding ortho intramolecular Hbond substituents is 2. The van der Waals surface area contributed by atoms with Gasteiger partial charge in [-0.25, -0.2) is 0 Å². The lowest BCUT2D eigenvalue weighted by Gasteiger charge is -2.23. The highest BCUT2D eigenvalue weighted by Crippen LogP contribution is 2.36. The van der Waals surface area contributed by atoms with E-state index in [1.54, 1.807) is 0 Å². The van der Waals surface area contributed by atoms with E-state index in [-0.39, 0.29) is 35.3 Å². The van der Waals surface area contributed by atoms with Crippen LogP contribution >= 0.6 is 0 Å². The zero-order chi connectivity index (χ0) is 20.1. The number of fused-ring (bicyclic) bond motifs is 1. The third-order valence-corrected chi connectivity index (χ3v) is 4.28. The summed E-state index contributed by atoms with van der Waals surface area (Å²) in [5, 5.41) is 20.0. The van der Waals surface area contributed by atoms with Gasteiger partial charge in [-0.3, -0.25) is 14.4 Å². The van der Waals surface area contributed by atoms with Crippen molar-refractivity contribution in [1.29, 1.82) is 0 Å². The van der Waals surface area contributed by atoms with Crippen molar-refractivity contribution in [3.63, 3.8) is 0 Å². The SMILES string of the molecule is CCCCC(=O)OC(CC=C(C)C)C1=CC(=O)c2c(O)ccc(O)c2C1=O. The lowest BCUT2D eigenvalue weighted by atomic mass is 9.85. The molecular formula is C21H24O6. The molecule has 1 atom stereocenters. The zero-order valence-electron chi connectivity index (χ0n) is 15.7. The second-order valence-corrected chi connectivity index (χ2v) is 6.75. The first kappa shape index (κ1) is 20.4. The van der Waals surface area contributed by atoms with E-state index in [0.717, 1.165) is 30.2 Å². The van der Waals surface area contributed by atoms with Gasteiger partial charge in [0.1, 0.15) is 17.6 Å². The minimum Gasteiger partial charge on any atom is -0.507 e. The molecule has 2 rings (SSSR count). The number of benzene rings is 1. The van der Waals surface area contributed by atoms with Crippen molar-refractivity contribution in [2.45, 2.75) is 52.6 Å². The molecule has 2 N–H and O–H groups in total. The Morgan fingerprint density at radius 2 is 1.78 bits per heavy atom. The van der Waals surface area contributed by atoms with E-state index in [2.05, 4.69) is 0 Å². The molecule has 0 aromatic heterocycles. The van der Waals surface area contributed by atoms with Gasteiger partial charge in [0, 0.05) is 18.4 Å². The van der Waals surface area contributed by atoms with Crippen LogP contribution in [-0.2, 0) is 9.53 Å². The third kappa shape index (κ3) is 4.64. The Labute approximate surface area is 158 Å². The topological polar surface area (TPSA) is 101 Å². The minimum absolute atomic E-state index is 0.00394. The molecule has 1 unspecified atom stereocenters. The van der Waals surface area contributed by atoms with Crippen LogP contribution in [0.2, 0.25) is 0 Å².